The Hall–Kier alpha value is -3.26. The van der Waals surface area contributed by atoms with Crippen LogP contribution in [-0.4, -0.2) is 25.8 Å². The molecule has 4 aromatic rings. The summed E-state index contributed by atoms with van der Waals surface area (Å²) in [6.45, 7) is 1.80. The summed E-state index contributed by atoms with van der Waals surface area (Å²) in [6, 6.07) is 8.93. The number of H-pyrrole nitrogens is 2. The normalized spacial score (nSPS) is 10.9. The predicted molar refractivity (Wildman–Crippen MR) is 97.0 cm³/mol. The average Bonchev–Trinajstić information content (AvgIpc) is 3.17. The van der Waals surface area contributed by atoms with Crippen molar-refractivity contribution < 1.29 is 4.79 Å². The van der Waals surface area contributed by atoms with Crippen LogP contribution in [0.3, 0.4) is 0 Å². The topological polar surface area (TPSA) is 104 Å². The van der Waals surface area contributed by atoms with Gasteiger partial charge in [0.1, 0.15) is 9.88 Å². The van der Waals surface area contributed by atoms with E-state index in [1.54, 1.807) is 37.5 Å². The number of imidazole rings is 1. The van der Waals surface area contributed by atoms with E-state index in [-0.39, 0.29) is 11.6 Å². The fourth-order valence-electron chi connectivity index (χ4n) is 2.52. The monoisotopic (exact) mass is 351 g/mol. The van der Waals surface area contributed by atoms with Gasteiger partial charge in [-0.2, -0.15) is 0 Å². The van der Waals surface area contributed by atoms with Crippen LogP contribution in [0.2, 0.25) is 0 Å². The van der Waals surface area contributed by atoms with Gasteiger partial charge in [0.25, 0.3) is 5.91 Å². The lowest BCUT2D eigenvalue weighted by Crippen LogP contribution is -2.11. The smallest absolute Gasteiger partial charge is 0.321 e. The van der Waals surface area contributed by atoms with Crippen LogP contribution >= 0.6 is 11.3 Å². The zero-order chi connectivity index (χ0) is 17.4. The molecule has 0 atom stereocenters. The first kappa shape index (κ1) is 15.3. The number of thiazole rings is 1. The van der Waals surface area contributed by atoms with Crippen LogP contribution in [-0.2, 0) is 0 Å². The lowest BCUT2D eigenvalue weighted by Gasteiger charge is -2.03. The van der Waals surface area contributed by atoms with Crippen molar-refractivity contribution in [1.29, 1.82) is 0 Å². The lowest BCUT2D eigenvalue weighted by atomic mass is 10.2. The van der Waals surface area contributed by atoms with Crippen LogP contribution in [0, 0.1) is 6.92 Å². The molecule has 7 nitrogen and oxygen atoms in total. The van der Waals surface area contributed by atoms with Gasteiger partial charge in [-0.1, -0.05) is 0 Å². The molecule has 1 aromatic carbocycles. The molecule has 0 aliphatic rings. The van der Waals surface area contributed by atoms with E-state index >= 15 is 0 Å². The molecular formula is C17H13N5O2S. The summed E-state index contributed by atoms with van der Waals surface area (Å²) < 4.78 is 0. The number of nitrogens with zero attached hydrogens (tertiary/aromatic N) is 2. The van der Waals surface area contributed by atoms with Crippen LogP contribution in [0.4, 0.5) is 5.69 Å². The molecule has 4 rings (SSSR count). The molecule has 124 valence electrons. The second-order valence-electron chi connectivity index (χ2n) is 5.47. The molecule has 25 heavy (non-hydrogen) atoms. The second kappa shape index (κ2) is 5.99. The fraction of sp³-hybridized carbons (Fsp3) is 0.0588. The second-order valence-corrected chi connectivity index (χ2v) is 6.47. The van der Waals surface area contributed by atoms with E-state index in [0.29, 0.717) is 27.3 Å². The molecule has 1 amide bonds. The van der Waals surface area contributed by atoms with Gasteiger partial charge in [0.2, 0.25) is 0 Å². The Balaban J connectivity index is 1.62. The number of amides is 1. The molecule has 3 heterocycles. The minimum absolute atomic E-state index is 0.234. The van der Waals surface area contributed by atoms with Crippen molar-refractivity contribution in [3.63, 3.8) is 0 Å². The Labute approximate surface area is 145 Å². The summed E-state index contributed by atoms with van der Waals surface area (Å²) in [7, 11) is 0. The number of carbonyl (C=O) groups excluding carboxylic acids is 1. The number of hydrogen-bond donors (Lipinski definition) is 3. The standard InChI is InChI=1S/C17H13N5O2S/c1-9-14(25-16(19-9)10-3-2-6-18-8-10)15(23)20-11-4-5-12-13(7-11)22-17(24)21-12/h2-8H,1H3,(H,20,23)(H2,21,22,24). The molecule has 3 aromatic heterocycles. The summed E-state index contributed by atoms with van der Waals surface area (Å²) in [5.74, 6) is -0.234. The molecule has 0 saturated carbocycles. The van der Waals surface area contributed by atoms with Gasteiger partial charge in [-0.3, -0.25) is 9.78 Å². The van der Waals surface area contributed by atoms with Gasteiger partial charge in [-0.15, -0.1) is 11.3 Å². The Kier molecular flexibility index (Phi) is 3.66. The summed E-state index contributed by atoms with van der Waals surface area (Å²) in [5.41, 5.74) is 3.19. The van der Waals surface area contributed by atoms with Crippen molar-refractivity contribution in [1.82, 2.24) is 19.9 Å². The van der Waals surface area contributed by atoms with Crippen molar-refractivity contribution in [3.8, 4) is 10.6 Å². The number of nitrogens with one attached hydrogen (secondary N) is 3. The summed E-state index contributed by atoms with van der Waals surface area (Å²) in [4.78, 5) is 38.3. The van der Waals surface area contributed by atoms with E-state index in [9.17, 15) is 9.59 Å². The number of fused-ring (bicyclic) bond motifs is 1. The largest absolute Gasteiger partial charge is 0.323 e. The van der Waals surface area contributed by atoms with E-state index in [0.717, 1.165) is 10.6 Å². The summed E-state index contributed by atoms with van der Waals surface area (Å²) in [6.07, 6.45) is 3.41. The highest BCUT2D eigenvalue weighted by Crippen LogP contribution is 2.28. The minimum atomic E-state index is -0.280. The molecule has 0 radical (unpaired) electrons. The molecule has 0 fully saturated rings. The SMILES string of the molecule is Cc1nc(-c2cccnc2)sc1C(=O)Nc1ccc2[nH]c(=O)[nH]c2c1. The van der Waals surface area contributed by atoms with Crippen molar-refractivity contribution >= 4 is 34.0 Å². The molecule has 0 aliphatic heterocycles. The van der Waals surface area contributed by atoms with Crippen LogP contribution in [0.5, 0.6) is 0 Å². The molecule has 0 unspecified atom stereocenters. The number of anilines is 1. The first-order valence-electron chi connectivity index (χ1n) is 7.51. The van der Waals surface area contributed by atoms with Crippen LogP contribution in [0.25, 0.3) is 21.6 Å². The molecule has 0 aliphatic carbocycles. The third kappa shape index (κ3) is 2.94. The number of benzene rings is 1. The minimum Gasteiger partial charge on any atom is -0.321 e. The highest BCUT2D eigenvalue weighted by molar-refractivity contribution is 7.17. The Morgan fingerprint density at radius 1 is 1.20 bits per heavy atom. The molecule has 8 heteroatoms. The Morgan fingerprint density at radius 2 is 2.04 bits per heavy atom. The molecule has 3 N–H and O–H groups in total. The van der Waals surface area contributed by atoms with Crippen molar-refractivity contribution in [2.45, 2.75) is 6.92 Å². The number of rotatable bonds is 3. The lowest BCUT2D eigenvalue weighted by molar-refractivity contribution is 0.103. The maximum atomic E-state index is 12.6. The van der Waals surface area contributed by atoms with Crippen molar-refractivity contribution in [2.24, 2.45) is 0 Å². The van der Waals surface area contributed by atoms with Gasteiger partial charge in [-0.05, 0) is 37.3 Å². The maximum Gasteiger partial charge on any atom is 0.323 e. The number of aromatic amines is 2. The quantitative estimate of drug-likeness (QED) is 0.528. The number of carbonyl (C=O) groups is 1. The van der Waals surface area contributed by atoms with Gasteiger partial charge in [0, 0.05) is 23.6 Å². The molecule has 0 saturated heterocycles. The van der Waals surface area contributed by atoms with E-state index in [4.69, 9.17) is 0 Å². The van der Waals surface area contributed by atoms with Crippen LogP contribution in [0.15, 0.2) is 47.5 Å². The number of hydrogen-bond acceptors (Lipinski definition) is 5. The highest BCUT2D eigenvalue weighted by Gasteiger charge is 2.16. The fourth-order valence-corrected chi connectivity index (χ4v) is 3.47. The number of pyridine rings is 1. The van der Waals surface area contributed by atoms with Gasteiger partial charge in [0.05, 0.1) is 16.7 Å². The van der Waals surface area contributed by atoms with Gasteiger partial charge < -0.3 is 15.3 Å². The van der Waals surface area contributed by atoms with E-state index in [2.05, 4.69) is 25.3 Å². The Bertz CT molecular complexity index is 1130. The molecule has 0 bridgehead atoms. The van der Waals surface area contributed by atoms with E-state index in [1.165, 1.54) is 11.3 Å². The first-order chi connectivity index (χ1) is 12.1. The molecule has 0 spiro atoms. The van der Waals surface area contributed by atoms with Crippen LogP contribution in [0.1, 0.15) is 15.4 Å². The first-order valence-corrected chi connectivity index (χ1v) is 8.33. The van der Waals surface area contributed by atoms with E-state index in [1.807, 2.05) is 12.1 Å². The summed E-state index contributed by atoms with van der Waals surface area (Å²) >= 11 is 1.32. The number of aryl methyl sites for hydroxylation is 1. The average molecular weight is 351 g/mol. The zero-order valence-corrected chi connectivity index (χ0v) is 14.0. The van der Waals surface area contributed by atoms with Gasteiger partial charge >= 0.3 is 5.69 Å². The molecular weight excluding hydrogens is 338 g/mol. The van der Waals surface area contributed by atoms with Gasteiger partial charge in [0.15, 0.2) is 0 Å². The Morgan fingerprint density at radius 3 is 2.84 bits per heavy atom. The maximum absolute atomic E-state index is 12.6. The van der Waals surface area contributed by atoms with Crippen molar-refractivity contribution in [2.75, 3.05) is 5.32 Å². The van der Waals surface area contributed by atoms with Crippen molar-refractivity contribution in [3.05, 3.63) is 63.8 Å². The predicted octanol–water partition coefficient (Wildman–Crippen LogP) is 2.94. The van der Waals surface area contributed by atoms with Crippen LogP contribution < -0.4 is 11.0 Å². The van der Waals surface area contributed by atoms with E-state index < -0.39 is 0 Å². The third-order valence-electron chi connectivity index (χ3n) is 3.69. The highest BCUT2D eigenvalue weighted by atomic mass is 32.1. The third-order valence-corrected chi connectivity index (χ3v) is 4.89. The van der Waals surface area contributed by atoms with Gasteiger partial charge in [-0.25, -0.2) is 9.78 Å². The zero-order valence-electron chi connectivity index (χ0n) is 13.2. The summed E-state index contributed by atoms with van der Waals surface area (Å²) in [5, 5.41) is 3.60. The number of aromatic nitrogens is 4.